The van der Waals surface area contributed by atoms with Crippen molar-refractivity contribution in [3.8, 4) is 0 Å². The van der Waals surface area contributed by atoms with Gasteiger partial charge in [0.1, 0.15) is 0 Å². The first-order valence-corrected chi connectivity index (χ1v) is 8.73. The van der Waals surface area contributed by atoms with Crippen LogP contribution in [-0.4, -0.2) is 42.5 Å². The Kier molecular flexibility index (Phi) is 5.83. The van der Waals surface area contributed by atoms with E-state index in [-0.39, 0.29) is 0 Å². The van der Waals surface area contributed by atoms with Crippen molar-refractivity contribution in [2.45, 2.75) is 19.3 Å². The van der Waals surface area contributed by atoms with Crippen molar-refractivity contribution < 1.29 is 0 Å². The minimum absolute atomic E-state index is 0.712. The van der Waals surface area contributed by atoms with Crippen LogP contribution < -0.4 is 5.32 Å². The van der Waals surface area contributed by atoms with Crippen molar-refractivity contribution in [3.05, 3.63) is 66.0 Å². The van der Waals surface area contributed by atoms with Crippen LogP contribution in [0.2, 0.25) is 0 Å². The molecule has 1 saturated heterocycles. The normalized spacial score (nSPS) is 18.0. The molecule has 1 aliphatic rings. The van der Waals surface area contributed by atoms with Crippen LogP contribution in [0.3, 0.4) is 0 Å². The molecule has 4 nitrogen and oxygen atoms in total. The number of hydrogen-bond acceptors (Lipinski definition) is 2. The predicted octanol–water partition coefficient (Wildman–Crippen LogP) is 2.76. The lowest BCUT2D eigenvalue weighted by Gasteiger charge is -2.21. The van der Waals surface area contributed by atoms with Crippen LogP contribution in [0.15, 0.2) is 59.9 Å². The Bertz CT molecular complexity index is 639. The largest absolute Gasteiger partial charge is 0.356 e. The fourth-order valence-electron chi connectivity index (χ4n) is 3.34. The third-order valence-electron chi connectivity index (χ3n) is 4.58. The summed E-state index contributed by atoms with van der Waals surface area (Å²) < 4.78 is 0. The molecule has 2 heterocycles. The zero-order valence-corrected chi connectivity index (χ0v) is 14.4. The average molecular weight is 322 g/mol. The first-order chi connectivity index (χ1) is 11.8. The summed E-state index contributed by atoms with van der Waals surface area (Å²) >= 11 is 0. The number of nitrogens with zero attached hydrogens (tertiary/aromatic N) is 3. The lowest BCUT2D eigenvalue weighted by molar-refractivity contribution is 0.460. The highest BCUT2D eigenvalue weighted by Crippen LogP contribution is 2.20. The molecule has 1 aromatic heterocycles. The van der Waals surface area contributed by atoms with Crippen molar-refractivity contribution in [2.75, 3.05) is 26.7 Å². The first-order valence-electron chi connectivity index (χ1n) is 8.73. The van der Waals surface area contributed by atoms with E-state index >= 15 is 0 Å². The van der Waals surface area contributed by atoms with E-state index in [1.807, 2.05) is 25.5 Å². The number of likely N-dealkylation sites (tertiary alicyclic amines) is 1. The van der Waals surface area contributed by atoms with Gasteiger partial charge in [-0.1, -0.05) is 36.4 Å². The van der Waals surface area contributed by atoms with E-state index in [4.69, 9.17) is 0 Å². The second-order valence-corrected chi connectivity index (χ2v) is 6.38. The summed E-state index contributed by atoms with van der Waals surface area (Å²) in [5.74, 6) is 1.73. The fraction of sp³-hybridized carbons (Fsp3) is 0.400. The van der Waals surface area contributed by atoms with Gasteiger partial charge in [-0.25, -0.2) is 0 Å². The Morgan fingerprint density at radius 3 is 2.79 bits per heavy atom. The molecule has 1 aromatic carbocycles. The molecule has 0 spiro atoms. The van der Waals surface area contributed by atoms with Gasteiger partial charge in [-0.3, -0.25) is 9.98 Å². The van der Waals surface area contributed by atoms with E-state index in [2.05, 4.69) is 56.6 Å². The third-order valence-corrected chi connectivity index (χ3v) is 4.58. The number of aromatic nitrogens is 1. The molecule has 2 aromatic rings. The molecule has 0 aliphatic carbocycles. The number of pyridine rings is 1. The molecule has 1 fully saturated rings. The summed E-state index contributed by atoms with van der Waals surface area (Å²) in [5.41, 5.74) is 2.69. The third kappa shape index (κ3) is 4.57. The highest BCUT2D eigenvalue weighted by Gasteiger charge is 2.24. The SMILES string of the molecule is CN=C(NCCc1cccnc1)N1CCC(Cc2ccccc2)C1. The topological polar surface area (TPSA) is 40.5 Å². The molecular formula is C20H26N4. The molecule has 1 atom stereocenters. The monoisotopic (exact) mass is 322 g/mol. The number of guanidine groups is 1. The molecule has 1 aliphatic heterocycles. The molecule has 4 heteroatoms. The molecule has 1 unspecified atom stereocenters. The number of nitrogens with one attached hydrogen (secondary N) is 1. The molecular weight excluding hydrogens is 296 g/mol. The van der Waals surface area contributed by atoms with Crippen molar-refractivity contribution >= 4 is 5.96 Å². The second-order valence-electron chi connectivity index (χ2n) is 6.38. The van der Waals surface area contributed by atoms with E-state index in [9.17, 15) is 0 Å². The van der Waals surface area contributed by atoms with Gasteiger partial charge in [-0.15, -0.1) is 0 Å². The average Bonchev–Trinajstić information content (AvgIpc) is 3.09. The van der Waals surface area contributed by atoms with Gasteiger partial charge >= 0.3 is 0 Å². The van der Waals surface area contributed by atoms with Gasteiger partial charge in [0.05, 0.1) is 0 Å². The van der Waals surface area contributed by atoms with Crippen molar-refractivity contribution in [2.24, 2.45) is 10.9 Å². The van der Waals surface area contributed by atoms with Gasteiger partial charge < -0.3 is 10.2 Å². The standard InChI is InChI=1S/C20H26N4/c1-21-20(23-12-9-18-8-5-11-22-15-18)24-13-10-19(16-24)14-17-6-3-2-4-7-17/h2-8,11,15,19H,9-10,12-14,16H2,1H3,(H,21,23). The van der Waals surface area contributed by atoms with Gasteiger partial charge in [0.2, 0.25) is 0 Å². The Balaban J connectivity index is 1.46. The summed E-state index contributed by atoms with van der Waals surface area (Å²) in [5, 5.41) is 3.49. The van der Waals surface area contributed by atoms with E-state index in [0.717, 1.165) is 38.4 Å². The minimum atomic E-state index is 0.712. The Morgan fingerprint density at radius 1 is 1.21 bits per heavy atom. The van der Waals surface area contributed by atoms with Crippen molar-refractivity contribution in [1.29, 1.82) is 0 Å². The molecule has 126 valence electrons. The van der Waals surface area contributed by atoms with Crippen LogP contribution in [-0.2, 0) is 12.8 Å². The first kappa shape index (κ1) is 16.5. The quantitative estimate of drug-likeness (QED) is 0.680. The number of aliphatic imine (C=N–C) groups is 1. The van der Waals surface area contributed by atoms with E-state index in [0.29, 0.717) is 5.92 Å². The molecule has 0 amide bonds. The maximum Gasteiger partial charge on any atom is 0.193 e. The Morgan fingerprint density at radius 2 is 2.04 bits per heavy atom. The smallest absolute Gasteiger partial charge is 0.193 e. The van der Waals surface area contributed by atoms with Crippen molar-refractivity contribution in [1.82, 2.24) is 15.2 Å². The zero-order chi connectivity index (χ0) is 16.6. The summed E-state index contributed by atoms with van der Waals surface area (Å²) in [6, 6.07) is 14.9. The van der Waals surface area contributed by atoms with Gasteiger partial charge in [-0.05, 0) is 42.4 Å². The van der Waals surface area contributed by atoms with Gasteiger partial charge in [0.25, 0.3) is 0 Å². The highest BCUT2D eigenvalue weighted by atomic mass is 15.3. The van der Waals surface area contributed by atoms with E-state index in [1.54, 1.807) is 0 Å². The van der Waals surface area contributed by atoms with E-state index < -0.39 is 0 Å². The summed E-state index contributed by atoms with van der Waals surface area (Å²) in [7, 11) is 1.87. The maximum atomic E-state index is 4.46. The fourth-order valence-corrected chi connectivity index (χ4v) is 3.34. The number of hydrogen-bond donors (Lipinski definition) is 1. The maximum absolute atomic E-state index is 4.46. The lowest BCUT2D eigenvalue weighted by Crippen LogP contribution is -2.41. The van der Waals surface area contributed by atoms with Crippen LogP contribution in [0.25, 0.3) is 0 Å². The van der Waals surface area contributed by atoms with Crippen LogP contribution in [0.5, 0.6) is 0 Å². The van der Waals surface area contributed by atoms with Gasteiger partial charge in [0, 0.05) is 39.1 Å². The summed E-state index contributed by atoms with van der Waals surface area (Å²) in [6.45, 7) is 3.06. The number of rotatable bonds is 5. The molecule has 3 rings (SSSR count). The second kappa shape index (κ2) is 8.48. The molecule has 0 saturated carbocycles. The Labute approximate surface area is 144 Å². The van der Waals surface area contributed by atoms with Crippen LogP contribution in [0.4, 0.5) is 0 Å². The van der Waals surface area contributed by atoms with E-state index in [1.165, 1.54) is 17.5 Å². The van der Waals surface area contributed by atoms with Crippen molar-refractivity contribution in [3.63, 3.8) is 0 Å². The Hall–Kier alpha value is -2.36. The summed E-state index contributed by atoms with van der Waals surface area (Å²) in [6.07, 6.45) is 7.10. The summed E-state index contributed by atoms with van der Waals surface area (Å²) in [4.78, 5) is 11.0. The predicted molar refractivity (Wildman–Crippen MR) is 99.1 cm³/mol. The van der Waals surface area contributed by atoms with Crippen LogP contribution in [0.1, 0.15) is 17.5 Å². The van der Waals surface area contributed by atoms with Gasteiger partial charge in [0.15, 0.2) is 5.96 Å². The zero-order valence-electron chi connectivity index (χ0n) is 14.4. The highest BCUT2D eigenvalue weighted by molar-refractivity contribution is 5.80. The number of benzene rings is 1. The molecule has 0 bridgehead atoms. The minimum Gasteiger partial charge on any atom is -0.356 e. The molecule has 24 heavy (non-hydrogen) atoms. The lowest BCUT2D eigenvalue weighted by atomic mass is 9.99. The molecule has 0 radical (unpaired) electrons. The molecule has 1 N–H and O–H groups in total. The van der Waals surface area contributed by atoms with Crippen LogP contribution >= 0.6 is 0 Å². The van der Waals surface area contributed by atoms with Crippen LogP contribution in [0, 0.1) is 5.92 Å². The van der Waals surface area contributed by atoms with Gasteiger partial charge in [-0.2, -0.15) is 0 Å².